The molecule has 0 radical (unpaired) electrons. The lowest BCUT2D eigenvalue weighted by atomic mass is 10.0. The molecule has 1 nitrogen and oxygen atoms in total. The maximum absolute atomic E-state index is 13.6. The average Bonchev–Trinajstić information content (AvgIpc) is 2.33. The van der Waals surface area contributed by atoms with Crippen molar-refractivity contribution in [2.24, 2.45) is 0 Å². The molecule has 3 heteroatoms. The molecule has 2 rings (SSSR count). The normalized spacial score (nSPS) is 10.4. The zero-order valence-corrected chi connectivity index (χ0v) is 9.91. The summed E-state index contributed by atoms with van der Waals surface area (Å²) in [5.41, 5.74) is 1.69. The minimum atomic E-state index is -0.861. The van der Waals surface area contributed by atoms with Crippen LogP contribution in [-0.2, 0) is 11.2 Å². The van der Waals surface area contributed by atoms with E-state index in [2.05, 4.69) is 0 Å². The van der Waals surface area contributed by atoms with Crippen molar-refractivity contribution in [3.05, 3.63) is 59.7 Å². The topological polar surface area (TPSA) is 17.1 Å². The van der Waals surface area contributed by atoms with Gasteiger partial charge in [0.05, 0.1) is 0 Å². The first-order valence-electron chi connectivity index (χ1n) is 5.60. The van der Waals surface area contributed by atoms with Crippen molar-refractivity contribution < 1.29 is 13.6 Å². The van der Waals surface area contributed by atoms with Crippen molar-refractivity contribution in [1.29, 1.82) is 0 Å². The van der Waals surface area contributed by atoms with E-state index in [1.54, 1.807) is 24.3 Å². The van der Waals surface area contributed by atoms with Gasteiger partial charge in [0.2, 0.25) is 0 Å². The largest absolute Gasteiger partial charge is 0.300 e. The molecule has 0 aliphatic rings. The Morgan fingerprint density at radius 3 is 2.33 bits per heavy atom. The highest BCUT2D eigenvalue weighted by molar-refractivity contribution is 5.78. The van der Waals surface area contributed by atoms with E-state index in [0.717, 1.165) is 11.6 Å². The molecule has 0 atom stereocenters. The summed E-state index contributed by atoms with van der Waals surface area (Å²) >= 11 is 0. The van der Waals surface area contributed by atoms with E-state index < -0.39 is 11.6 Å². The predicted molar refractivity (Wildman–Crippen MR) is 66.2 cm³/mol. The zero-order chi connectivity index (χ0) is 13.1. The van der Waals surface area contributed by atoms with Crippen LogP contribution in [0.4, 0.5) is 8.78 Å². The van der Waals surface area contributed by atoms with Gasteiger partial charge in [-0.3, -0.25) is 4.79 Å². The van der Waals surface area contributed by atoms with Crippen LogP contribution in [0.2, 0.25) is 0 Å². The molecule has 0 saturated carbocycles. The van der Waals surface area contributed by atoms with E-state index >= 15 is 0 Å². The van der Waals surface area contributed by atoms with Gasteiger partial charge in [0.1, 0.15) is 5.78 Å². The maximum Gasteiger partial charge on any atom is 0.166 e. The molecule has 18 heavy (non-hydrogen) atoms. The Balaban J connectivity index is 2.34. The van der Waals surface area contributed by atoms with Crippen molar-refractivity contribution in [2.45, 2.75) is 13.3 Å². The second-order valence-electron chi connectivity index (χ2n) is 4.18. The fraction of sp³-hybridized carbons (Fsp3) is 0.133. The van der Waals surface area contributed by atoms with Gasteiger partial charge < -0.3 is 0 Å². The average molecular weight is 246 g/mol. The Bertz CT molecular complexity index is 574. The van der Waals surface area contributed by atoms with Crippen LogP contribution < -0.4 is 0 Å². The summed E-state index contributed by atoms with van der Waals surface area (Å²) in [7, 11) is 0. The third-order valence-electron chi connectivity index (χ3n) is 2.67. The molecule has 92 valence electrons. The summed E-state index contributed by atoms with van der Waals surface area (Å²) in [6, 6.07) is 11.0. The van der Waals surface area contributed by atoms with Gasteiger partial charge in [-0.1, -0.05) is 36.4 Å². The van der Waals surface area contributed by atoms with Gasteiger partial charge in [0.15, 0.2) is 11.6 Å². The Labute approximate surface area is 104 Å². The van der Waals surface area contributed by atoms with Crippen molar-refractivity contribution in [2.75, 3.05) is 0 Å². The molecule has 0 fully saturated rings. The second kappa shape index (κ2) is 5.08. The van der Waals surface area contributed by atoms with Crippen molar-refractivity contribution in [1.82, 2.24) is 0 Å². The van der Waals surface area contributed by atoms with Crippen molar-refractivity contribution in [3.8, 4) is 11.1 Å². The molecule has 0 aliphatic carbocycles. The van der Waals surface area contributed by atoms with E-state index in [-0.39, 0.29) is 11.3 Å². The molecular weight excluding hydrogens is 234 g/mol. The molecule has 0 aromatic heterocycles. The highest BCUT2D eigenvalue weighted by atomic mass is 19.2. The fourth-order valence-corrected chi connectivity index (χ4v) is 1.82. The molecule has 0 heterocycles. The standard InChI is InChI=1S/C15H12F2O/c1-10(18)9-11-5-7-12(8-6-11)13-3-2-4-14(16)15(13)17/h2-8H,9H2,1H3. The van der Waals surface area contributed by atoms with Crippen LogP contribution in [0.15, 0.2) is 42.5 Å². The van der Waals surface area contributed by atoms with Crippen LogP contribution in [0.25, 0.3) is 11.1 Å². The molecular formula is C15H12F2O. The quantitative estimate of drug-likeness (QED) is 0.805. The molecule has 0 N–H and O–H groups in total. The highest BCUT2D eigenvalue weighted by Gasteiger charge is 2.09. The number of hydrogen-bond acceptors (Lipinski definition) is 1. The first-order valence-corrected chi connectivity index (χ1v) is 5.60. The highest BCUT2D eigenvalue weighted by Crippen LogP contribution is 2.24. The smallest absolute Gasteiger partial charge is 0.166 e. The second-order valence-corrected chi connectivity index (χ2v) is 4.18. The van der Waals surface area contributed by atoms with E-state index in [1.807, 2.05) is 0 Å². The number of rotatable bonds is 3. The number of halogens is 2. The Hall–Kier alpha value is -2.03. The molecule has 0 saturated heterocycles. The number of Topliss-reactive ketones (excluding diaryl/α,β-unsaturated/α-hetero) is 1. The van der Waals surface area contributed by atoms with Crippen LogP contribution in [0.1, 0.15) is 12.5 Å². The van der Waals surface area contributed by atoms with Gasteiger partial charge in [-0.2, -0.15) is 0 Å². The van der Waals surface area contributed by atoms with Gasteiger partial charge in [-0.15, -0.1) is 0 Å². The third-order valence-corrected chi connectivity index (χ3v) is 2.67. The fourth-order valence-electron chi connectivity index (χ4n) is 1.82. The summed E-state index contributed by atoms with van der Waals surface area (Å²) in [6.45, 7) is 1.51. The minimum absolute atomic E-state index is 0.0692. The minimum Gasteiger partial charge on any atom is -0.300 e. The number of hydrogen-bond donors (Lipinski definition) is 0. The molecule has 2 aromatic rings. The summed E-state index contributed by atoms with van der Waals surface area (Å²) < 4.78 is 26.7. The Morgan fingerprint density at radius 2 is 1.72 bits per heavy atom. The van der Waals surface area contributed by atoms with Crippen LogP contribution in [0.5, 0.6) is 0 Å². The molecule has 0 bridgehead atoms. The lowest BCUT2D eigenvalue weighted by Gasteiger charge is -2.05. The maximum atomic E-state index is 13.6. The van der Waals surface area contributed by atoms with E-state index in [9.17, 15) is 13.6 Å². The first-order chi connectivity index (χ1) is 8.58. The van der Waals surface area contributed by atoms with E-state index in [1.165, 1.54) is 19.1 Å². The number of ketones is 1. The number of carbonyl (C=O) groups is 1. The third kappa shape index (κ3) is 2.62. The first kappa shape index (κ1) is 12.4. The molecule has 0 aliphatic heterocycles. The van der Waals surface area contributed by atoms with Crippen LogP contribution in [0, 0.1) is 11.6 Å². The SMILES string of the molecule is CC(=O)Cc1ccc(-c2cccc(F)c2F)cc1. The molecule has 0 amide bonds. The summed E-state index contributed by atoms with van der Waals surface area (Å²) in [5.74, 6) is -1.64. The lowest BCUT2D eigenvalue weighted by Crippen LogP contribution is -1.96. The van der Waals surface area contributed by atoms with Crippen LogP contribution in [-0.4, -0.2) is 5.78 Å². The van der Waals surface area contributed by atoms with Gasteiger partial charge >= 0.3 is 0 Å². The van der Waals surface area contributed by atoms with E-state index in [0.29, 0.717) is 12.0 Å². The molecule has 0 spiro atoms. The van der Waals surface area contributed by atoms with Crippen molar-refractivity contribution >= 4 is 5.78 Å². The predicted octanol–water partition coefficient (Wildman–Crippen LogP) is 3.76. The van der Waals surface area contributed by atoms with Gasteiger partial charge in [-0.05, 0) is 24.1 Å². The van der Waals surface area contributed by atoms with Gasteiger partial charge in [0, 0.05) is 12.0 Å². The Kier molecular flexibility index (Phi) is 3.51. The molecule has 2 aromatic carbocycles. The van der Waals surface area contributed by atoms with Crippen LogP contribution in [0.3, 0.4) is 0 Å². The number of benzene rings is 2. The molecule has 0 unspecified atom stereocenters. The monoisotopic (exact) mass is 246 g/mol. The van der Waals surface area contributed by atoms with Gasteiger partial charge in [0.25, 0.3) is 0 Å². The number of carbonyl (C=O) groups excluding carboxylic acids is 1. The van der Waals surface area contributed by atoms with Gasteiger partial charge in [-0.25, -0.2) is 8.78 Å². The van der Waals surface area contributed by atoms with Crippen molar-refractivity contribution in [3.63, 3.8) is 0 Å². The summed E-state index contributed by atoms with van der Waals surface area (Å²) in [4.78, 5) is 11.0. The summed E-state index contributed by atoms with van der Waals surface area (Å²) in [5, 5.41) is 0. The Morgan fingerprint density at radius 1 is 1.06 bits per heavy atom. The van der Waals surface area contributed by atoms with Crippen LogP contribution >= 0.6 is 0 Å². The zero-order valence-electron chi connectivity index (χ0n) is 9.91. The van der Waals surface area contributed by atoms with E-state index in [4.69, 9.17) is 0 Å². The summed E-state index contributed by atoms with van der Waals surface area (Å²) in [6.07, 6.45) is 0.353. The lowest BCUT2D eigenvalue weighted by molar-refractivity contribution is -0.116.